The number of aromatic nitrogens is 1. The molecule has 6 nitrogen and oxygen atoms in total. The van der Waals surface area contributed by atoms with Crippen molar-refractivity contribution in [2.24, 2.45) is 17.3 Å². The highest BCUT2D eigenvalue weighted by atomic mass is 16.5. The van der Waals surface area contributed by atoms with Gasteiger partial charge >= 0.3 is 0 Å². The first-order chi connectivity index (χ1) is 19.9. The van der Waals surface area contributed by atoms with Crippen LogP contribution in [0.4, 0.5) is 0 Å². The minimum absolute atomic E-state index is 0.228. The topological polar surface area (TPSA) is 91.8 Å². The Morgan fingerprint density at radius 1 is 1.02 bits per heavy atom. The number of nitrogens with one attached hydrogen (secondary N) is 1. The lowest BCUT2D eigenvalue weighted by atomic mass is 9.42. The molecule has 6 heteroatoms. The van der Waals surface area contributed by atoms with Crippen LogP contribution in [0.3, 0.4) is 0 Å². The Hall–Kier alpha value is -2.25. The largest absolute Gasteiger partial charge is 0.387 e. The van der Waals surface area contributed by atoms with Crippen LogP contribution in [0.1, 0.15) is 103 Å². The monoisotopic (exact) mass is 585 g/mol. The normalized spacial score (nSPS) is 40.6. The van der Waals surface area contributed by atoms with Gasteiger partial charge in [-0.1, -0.05) is 13.8 Å². The van der Waals surface area contributed by atoms with Crippen LogP contribution in [0.2, 0.25) is 0 Å². The second-order valence-corrected chi connectivity index (χ2v) is 16.7. The Balaban J connectivity index is 1.23. The molecule has 2 fully saturated rings. The molecule has 0 bridgehead atoms. The molecule has 4 aliphatic carbocycles. The molecular formula is C37H47NO5. The molecule has 0 radical (unpaired) electrons. The van der Waals surface area contributed by atoms with Gasteiger partial charge in [0.1, 0.15) is 6.10 Å². The van der Waals surface area contributed by atoms with E-state index in [1.54, 1.807) is 19.9 Å². The highest BCUT2D eigenvalue weighted by Gasteiger charge is 2.70. The number of rotatable bonds is 1. The van der Waals surface area contributed by atoms with Crippen molar-refractivity contribution in [1.29, 1.82) is 0 Å². The van der Waals surface area contributed by atoms with Gasteiger partial charge in [-0.2, -0.15) is 0 Å². The molecule has 4 unspecified atom stereocenters. The summed E-state index contributed by atoms with van der Waals surface area (Å²) >= 11 is 0. The fraction of sp³-hybridized carbons (Fsp3) is 0.649. The number of carbonyl (C=O) groups excluding carboxylic acids is 1. The number of ether oxygens (including phenoxy) is 2. The molecule has 8 rings (SSSR count). The maximum Gasteiger partial charge on any atom is 0.187 e. The van der Waals surface area contributed by atoms with Gasteiger partial charge in [0, 0.05) is 33.3 Å². The van der Waals surface area contributed by atoms with Crippen LogP contribution in [-0.2, 0) is 32.5 Å². The van der Waals surface area contributed by atoms with Gasteiger partial charge in [-0.05, 0) is 138 Å². The lowest BCUT2D eigenvalue weighted by molar-refractivity contribution is -0.195. The van der Waals surface area contributed by atoms with E-state index in [-0.39, 0.29) is 28.5 Å². The number of carbonyl (C=O) groups is 1. The predicted octanol–water partition coefficient (Wildman–Crippen LogP) is 6.10. The van der Waals surface area contributed by atoms with E-state index in [9.17, 15) is 15.0 Å². The molecule has 2 saturated carbocycles. The van der Waals surface area contributed by atoms with Crippen molar-refractivity contribution in [2.75, 3.05) is 0 Å². The van der Waals surface area contributed by atoms with Crippen molar-refractivity contribution in [1.82, 2.24) is 4.98 Å². The maximum absolute atomic E-state index is 13.2. The van der Waals surface area contributed by atoms with Gasteiger partial charge in [0.15, 0.2) is 5.78 Å². The molecule has 230 valence electrons. The van der Waals surface area contributed by atoms with Gasteiger partial charge in [0.25, 0.3) is 0 Å². The van der Waals surface area contributed by atoms with E-state index < -0.39 is 22.7 Å². The average Bonchev–Trinajstić information content (AvgIpc) is 3.52. The molecule has 3 N–H and O–H groups in total. The summed E-state index contributed by atoms with van der Waals surface area (Å²) in [6, 6.07) is 4.83. The summed E-state index contributed by atoms with van der Waals surface area (Å²) < 4.78 is 12.8. The van der Waals surface area contributed by atoms with Crippen LogP contribution in [0.25, 0.3) is 16.5 Å². The second kappa shape index (κ2) is 8.12. The van der Waals surface area contributed by atoms with Crippen molar-refractivity contribution < 1.29 is 24.5 Å². The Kier molecular flexibility index (Phi) is 5.33. The number of benzene rings is 1. The zero-order valence-electron chi connectivity index (χ0n) is 27.0. The maximum atomic E-state index is 13.2. The summed E-state index contributed by atoms with van der Waals surface area (Å²) in [5.74, 6) is 0.517. The number of aliphatic hydroxyl groups is 2. The molecular weight excluding hydrogens is 538 g/mol. The Morgan fingerprint density at radius 2 is 1.77 bits per heavy atom. The number of fused-ring (bicyclic) bond motifs is 12. The summed E-state index contributed by atoms with van der Waals surface area (Å²) in [6.07, 6.45) is 7.72. The van der Waals surface area contributed by atoms with Crippen LogP contribution >= 0.6 is 0 Å². The Labute approximate surface area is 254 Å². The Morgan fingerprint density at radius 3 is 2.49 bits per heavy atom. The summed E-state index contributed by atoms with van der Waals surface area (Å²) in [4.78, 5) is 17.2. The second-order valence-electron chi connectivity index (χ2n) is 16.7. The zero-order valence-corrected chi connectivity index (χ0v) is 27.0. The summed E-state index contributed by atoms with van der Waals surface area (Å²) in [5, 5.41) is 24.7. The lowest BCUT2D eigenvalue weighted by Gasteiger charge is -2.64. The molecule has 3 heterocycles. The van der Waals surface area contributed by atoms with Crippen molar-refractivity contribution >= 4 is 22.3 Å². The molecule has 43 heavy (non-hydrogen) atoms. The van der Waals surface area contributed by atoms with E-state index in [0.717, 1.165) is 37.7 Å². The minimum Gasteiger partial charge on any atom is -0.387 e. The summed E-state index contributed by atoms with van der Waals surface area (Å²) in [5.41, 5.74) is 5.02. The molecule has 0 saturated heterocycles. The van der Waals surface area contributed by atoms with Gasteiger partial charge in [-0.3, -0.25) is 4.79 Å². The third-order valence-electron chi connectivity index (χ3n) is 13.0. The molecule has 6 aliphatic rings. The standard InChI is InChI=1S/C37H47NO5/c1-32(2)18-24-21-16-27-22(13-19(21)14-25(24)34(5,6)43-32)23-15-20-9-12-37(41)26-17-28(39)31(33(3,4)40)42-29(26)10-11-35(37,7)36(20,8)30(23)38-27/h13,16-18,20,25,29,31,38,40-41H,9-12,14-15H2,1-8H3/t20?,25?,29?,31?,35-,36-,37-/m1/s1. The smallest absolute Gasteiger partial charge is 0.187 e. The molecule has 0 spiro atoms. The van der Waals surface area contributed by atoms with Crippen molar-refractivity contribution in [3.05, 3.63) is 52.2 Å². The molecule has 2 aromatic rings. The molecule has 1 aromatic carbocycles. The van der Waals surface area contributed by atoms with Gasteiger partial charge in [0.05, 0.1) is 28.5 Å². The number of hydrogen-bond donors (Lipinski definition) is 3. The van der Waals surface area contributed by atoms with E-state index >= 15 is 0 Å². The van der Waals surface area contributed by atoms with Crippen LogP contribution < -0.4 is 0 Å². The van der Waals surface area contributed by atoms with Gasteiger partial charge in [-0.15, -0.1) is 0 Å². The van der Waals surface area contributed by atoms with Crippen LogP contribution in [0.15, 0.2) is 29.9 Å². The fourth-order valence-corrected chi connectivity index (χ4v) is 10.9. The van der Waals surface area contributed by atoms with Crippen LogP contribution in [-0.4, -0.2) is 55.6 Å². The number of aromatic amines is 1. The molecule has 7 atom stereocenters. The number of H-pyrrole nitrogens is 1. The van der Waals surface area contributed by atoms with Crippen molar-refractivity contribution in [3.63, 3.8) is 0 Å². The van der Waals surface area contributed by atoms with E-state index in [0.29, 0.717) is 18.3 Å². The van der Waals surface area contributed by atoms with E-state index in [4.69, 9.17) is 9.47 Å². The van der Waals surface area contributed by atoms with E-state index in [2.05, 4.69) is 64.7 Å². The highest BCUT2D eigenvalue weighted by Crippen LogP contribution is 2.69. The quantitative estimate of drug-likeness (QED) is 0.376. The summed E-state index contributed by atoms with van der Waals surface area (Å²) in [7, 11) is 0. The third kappa shape index (κ3) is 3.42. The molecule has 2 aliphatic heterocycles. The SMILES string of the molecule is CC1(C)C=C2c3cc4[nH]c5c(c4cc3CC2C(C)(C)O1)CC1CC[C@@]2(O)C3=CC(=O)C(C(C)(C)O)OC3CC[C@]2(C)[C@@]51C. The summed E-state index contributed by atoms with van der Waals surface area (Å²) in [6.45, 7) is 16.6. The van der Waals surface area contributed by atoms with Crippen LogP contribution in [0, 0.1) is 17.3 Å². The minimum atomic E-state index is -1.27. The first-order valence-corrected chi connectivity index (χ1v) is 16.4. The number of hydrogen-bond acceptors (Lipinski definition) is 5. The van der Waals surface area contributed by atoms with Gasteiger partial charge in [-0.25, -0.2) is 0 Å². The van der Waals surface area contributed by atoms with E-state index in [1.165, 1.54) is 38.9 Å². The number of ketones is 1. The third-order valence-corrected chi connectivity index (χ3v) is 13.0. The highest BCUT2D eigenvalue weighted by molar-refractivity contribution is 5.96. The fourth-order valence-electron chi connectivity index (χ4n) is 10.9. The van der Waals surface area contributed by atoms with Crippen molar-refractivity contribution in [3.8, 4) is 0 Å². The van der Waals surface area contributed by atoms with E-state index in [1.807, 2.05) is 0 Å². The molecule has 0 amide bonds. The first-order valence-electron chi connectivity index (χ1n) is 16.4. The van der Waals surface area contributed by atoms with Crippen LogP contribution in [0.5, 0.6) is 0 Å². The van der Waals surface area contributed by atoms with Gasteiger partial charge < -0.3 is 24.7 Å². The van der Waals surface area contributed by atoms with Crippen molar-refractivity contribution in [2.45, 2.75) is 134 Å². The van der Waals surface area contributed by atoms with Gasteiger partial charge in [0.2, 0.25) is 0 Å². The predicted molar refractivity (Wildman–Crippen MR) is 167 cm³/mol. The lowest BCUT2D eigenvalue weighted by Crippen LogP contribution is -2.68. The average molecular weight is 586 g/mol. The zero-order chi connectivity index (χ0) is 30.7. The first kappa shape index (κ1) is 28.2. The Bertz CT molecular complexity index is 1670. The molecule has 1 aromatic heterocycles.